The highest BCUT2D eigenvalue weighted by atomic mass is 32.2. The molecule has 8 nitrogen and oxygen atoms in total. The summed E-state index contributed by atoms with van der Waals surface area (Å²) in [7, 11) is -2.18. The number of nitrogens with zero attached hydrogens (tertiary/aromatic N) is 2. The second-order valence-electron chi connectivity index (χ2n) is 8.47. The van der Waals surface area contributed by atoms with Gasteiger partial charge in [-0.25, -0.2) is 8.42 Å². The quantitative estimate of drug-likeness (QED) is 0.523. The maximum Gasteiger partial charge on any atom is 0.244 e. The number of hydrogen-bond acceptors (Lipinski definition) is 5. The molecule has 2 rings (SSSR count). The van der Waals surface area contributed by atoms with Crippen LogP contribution in [0.25, 0.3) is 0 Å². The molecule has 2 atom stereocenters. The Balaban J connectivity index is 2.37. The Kier molecular flexibility index (Phi) is 9.49. The number of nitrogens with one attached hydrogen (secondary N) is 1. The van der Waals surface area contributed by atoms with Crippen molar-refractivity contribution in [2.75, 3.05) is 24.2 Å². The van der Waals surface area contributed by atoms with Crippen LogP contribution in [-0.4, -0.2) is 57.1 Å². The molecule has 0 aliphatic rings. The van der Waals surface area contributed by atoms with E-state index in [9.17, 15) is 18.0 Å². The van der Waals surface area contributed by atoms with E-state index in [0.29, 0.717) is 11.4 Å². The Morgan fingerprint density at radius 3 is 2.26 bits per heavy atom. The average molecular weight is 490 g/mol. The first-order valence-corrected chi connectivity index (χ1v) is 13.1. The molecule has 2 aromatic carbocycles. The molecule has 0 fully saturated rings. The summed E-state index contributed by atoms with van der Waals surface area (Å²) in [5.74, 6) is -0.0980. The molecule has 0 radical (unpaired) electrons. The van der Waals surface area contributed by atoms with Gasteiger partial charge in [0.2, 0.25) is 21.8 Å². The molecule has 0 spiro atoms. The predicted octanol–water partition coefficient (Wildman–Crippen LogP) is 3.10. The third-order valence-corrected chi connectivity index (χ3v) is 6.79. The van der Waals surface area contributed by atoms with Gasteiger partial charge in [-0.15, -0.1) is 0 Å². The topological polar surface area (TPSA) is 96.0 Å². The molecule has 186 valence electrons. The number of carbonyl (C=O) groups excluding carboxylic acids is 2. The van der Waals surface area contributed by atoms with Crippen LogP contribution in [-0.2, 0) is 26.2 Å². The SMILES string of the molecule is CC[C@@H](C)NC(=O)[C@H](C)N(Cc1ccc(OC)cc1)C(=O)CN(c1cccc(C)c1)S(C)(=O)=O. The molecule has 0 aromatic heterocycles. The Bertz CT molecular complexity index is 1090. The zero-order valence-corrected chi connectivity index (χ0v) is 21.6. The minimum absolute atomic E-state index is 0.0484. The Labute approximate surface area is 202 Å². The van der Waals surface area contributed by atoms with Crippen molar-refractivity contribution in [1.82, 2.24) is 10.2 Å². The molecular formula is C25H35N3O5S. The van der Waals surface area contributed by atoms with Gasteiger partial charge in [-0.1, -0.05) is 31.2 Å². The smallest absolute Gasteiger partial charge is 0.244 e. The Morgan fingerprint density at radius 1 is 1.09 bits per heavy atom. The van der Waals surface area contributed by atoms with Gasteiger partial charge in [-0.3, -0.25) is 13.9 Å². The fourth-order valence-corrected chi connectivity index (χ4v) is 4.21. The molecule has 0 bridgehead atoms. The van der Waals surface area contributed by atoms with E-state index < -0.39 is 28.5 Å². The number of rotatable bonds is 11. The number of amides is 2. The van der Waals surface area contributed by atoms with Gasteiger partial charge in [0.05, 0.1) is 19.1 Å². The lowest BCUT2D eigenvalue weighted by Gasteiger charge is -2.32. The summed E-state index contributed by atoms with van der Waals surface area (Å²) in [4.78, 5) is 27.8. The van der Waals surface area contributed by atoms with Crippen molar-refractivity contribution in [2.24, 2.45) is 0 Å². The fourth-order valence-electron chi connectivity index (χ4n) is 3.37. The molecule has 2 amide bonds. The standard InChI is InChI=1S/C25H35N3O5S/c1-7-19(3)26-25(30)20(4)27(16-21-11-13-23(33-5)14-12-21)24(29)17-28(34(6,31)32)22-10-8-9-18(2)15-22/h8-15,19-20H,7,16-17H2,1-6H3,(H,26,30)/t19-,20+/m1/s1. The second kappa shape index (κ2) is 11.9. The van der Waals surface area contributed by atoms with Crippen molar-refractivity contribution in [3.05, 3.63) is 59.7 Å². The van der Waals surface area contributed by atoms with Crippen LogP contribution in [0.15, 0.2) is 48.5 Å². The number of benzene rings is 2. The highest BCUT2D eigenvalue weighted by Crippen LogP contribution is 2.21. The average Bonchev–Trinajstić information content (AvgIpc) is 2.79. The Hall–Kier alpha value is -3.07. The van der Waals surface area contributed by atoms with Crippen LogP contribution in [0.1, 0.15) is 38.3 Å². The number of sulfonamides is 1. The van der Waals surface area contributed by atoms with E-state index in [4.69, 9.17) is 4.74 Å². The lowest BCUT2D eigenvalue weighted by Crippen LogP contribution is -2.52. The number of ether oxygens (including phenoxy) is 1. The van der Waals surface area contributed by atoms with Crippen molar-refractivity contribution in [3.63, 3.8) is 0 Å². The van der Waals surface area contributed by atoms with Crippen LogP contribution >= 0.6 is 0 Å². The van der Waals surface area contributed by atoms with Crippen molar-refractivity contribution < 1.29 is 22.7 Å². The van der Waals surface area contributed by atoms with Gasteiger partial charge in [0.25, 0.3) is 0 Å². The van der Waals surface area contributed by atoms with Crippen LogP contribution in [0.2, 0.25) is 0 Å². The van der Waals surface area contributed by atoms with Crippen LogP contribution in [0.4, 0.5) is 5.69 Å². The third kappa shape index (κ3) is 7.48. The molecule has 0 heterocycles. The van der Waals surface area contributed by atoms with Crippen LogP contribution in [0, 0.1) is 6.92 Å². The minimum atomic E-state index is -3.75. The maximum absolute atomic E-state index is 13.5. The van der Waals surface area contributed by atoms with E-state index in [2.05, 4.69) is 5.32 Å². The molecule has 1 N–H and O–H groups in total. The molecule has 0 saturated heterocycles. The van der Waals surface area contributed by atoms with E-state index in [1.54, 1.807) is 44.4 Å². The number of hydrogen-bond donors (Lipinski definition) is 1. The largest absolute Gasteiger partial charge is 0.497 e. The maximum atomic E-state index is 13.5. The van der Waals surface area contributed by atoms with E-state index in [-0.39, 0.29) is 18.5 Å². The second-order valence-corrected chi connectivity index (χ2v) is 10.4. The van der Waals surface area contributed by atoms with Gasteiger partial charge >= 0.3 is 0 Å². The summed E-state index contributed by atoms with van der Waals surface area (Å²) in [6, 6.07) is 13.3. The molecule has 9 heteroatoms. The van der Waals surface area contributed by atoms with E-state index in [0.717, 1.165) is 28.1 Å². The van der Waals surface area contributed by atoms with Crippen molar-refractivity contribution >= 4 is 27.5 Å². The monoisotopic (exact) mass is 489 g/mol. The Morgan fingerprint density at radius 2 is 1.74 bits per heavy atom. The highest BCUT2D eigenvalue weighted by Gasteiger charge is 2.30. The van der Waals surface area contributed by atoms with E-state index >= 15 is 0 Å². The van der Waals surface area contributed by atoms with Gasteiger partial charge < -0.3 is 15.0 Å². The first-order valence-electron chi connectivity index (χ1n) is 11.2. The highest BCUT2D eigenvalue weighted by molar-refractivity contribution is 7.92. The zero-order valence-electron chi connectivity index (χ0n) is 20.7. The van der Waals surface area contributed by atoms with Crippen LogP contribution < -0.4 is 14.4 Å². The van der Waals surface area contributed by atoms with Gasteiger partial charge in [0.1, 0.15) is 18.3 Å². The van der Waals surface area contributed by atoms with Gasteiger partial charge in [0, 0.05) is 12.6 Å². The lowest BCUT2D eigenvalue weighted by atomic mass is 10.1. The lowest BCUT2D eigenvalue weighted by molar-refractivity contribution is -0.139. The molecule has 0 aliphatic heterocycles. The van der Waals surface area contributed by atoms with Crippen LogP contribution in [0.5, 0.6) is 5.75 Å². The van der Waals surface area contributed by atoms with Crippen LogP contribution in [0.3, 0.4) is 0 Å². The van der Waals surface area contributed by atoms with E-state index in [1.807, 2.05) is 39.0 Å². The molecule has 0 aliphatic carbocycles. The van der Waals surface area contributed by atoms with Crippen molar-refractivity contribution in [2.45, 2.75) is 52.7 Å². The first kappa shape index (κ1) is 27.2. The number of carbonyl (C=O) groups is 2. The van der Waals surface area contributed by atoms with Crippen molar-refractivity contribution in [1.29, 1.82) is 0 Å². The summed E-state index contributed by atoms with van der Waals surface area (Å²) >= 11 is 0. The summed E-state index contributed by atoms with van der Waals surface area (Å²) < 4.78 is 31.4. The summed E-state index contributed by atoms with van der Waals surface area (Å²) in [5.41, 5.74) is 2.06. The van der Waals surface area contributed by atoms with Crippen molar-refractivity contribution in [3.8, 4) is 5.75 Å². The first-order chi connectivity index (χ1) is 16.0. The fraction of sp³-hybridized carbons (Fsp3) is 0.440. The van der Waals surface area contributed by atoms with Gasteiger partial charge in [-0.2, -0.15) is 0 Å². The zero-order chi connectivity index (χ0) is 25.5. The molecule has 0 unspecified atom stereocenters. The van der Waals surface area contributed by atoms with Gasteiger partial charge in [0.15, 0.2) is 0 Å². The number of anilines is 1. The molecule has 34 heavy (non-hydrogen) atoms. The molecular weight excluding hydrogens is 454 g/mol. The minimum Gasteiger partial charge on any atom is -0.497 e. The normalized spacial score (nSPS) is 13.0. The van der Waals surface area contributed by atoms with E-state index in [1.165, 1.54) is 4.90 Å². The molecule has 0 saturated carbocycles. The predicted molar refractivity (Wildman–Crippen MR) is 134 cm³/mol. The summed E-state index contributed by atoms with van der Waals surface area (Å²) in [6.45, 7) is 7.08. The molecule has 2 aromatic rings. The van der Waals surface area contributed by atoms with Gasteiger partial charge in [-0.05, 0) is 62.6 Å². The summed E-state index contributed by atoms with van der Waals surface area (Å²) in [6.07, 6.45) is 1.82. The summed E-state index contributed by atoms with van der Waals surface area (Å²) in [5, 5.41) is 2.91. The third-order valence-electron chi connectivity index (χ3n) is 5.65. The number of aryl methyl sites for hydroxylation is 1. The number of methoxy groups -OCH3 is 1.